The average Bonchev–Trinajstić information content (AvgIpc) is 2.45. The highest BCUT2D eigenvalue weighted by Crippen LogP contribution is 2.47. The Morgan fingerprint density at radius 3 is 2.00 bits per heavy atom. The molecule has 23 heavy (non-hydrogen) atoms. The SMILES string of the molecule is CSc1ccccc1C(=O)OC(=O)C(F)(F)C(F)(F)C(F)(F)F. The molecule has 0 amide bonds. The molecule has 128 valence electrons. The molecule has 0 heterocycles. The molecule has 0 aliphatic carbocycles. The first-order valence-corrected chi connectivity index (χ1v) is 6.80. The maximum absolute atomic E-state index is 13.0. The third-order valence-corrected chi connectivity index (χ3v) is 3.31. The zero-order chi connectivity index (χ0) is 18.1. The first-order valence-electron chi connectivity index (χ1n) is 5.58. The molecule has 0 saturated carbocycles. The van der Waals surface area contributed by atoms with Gasteiger partial charge in [0.05, 0.1) is 5.56 Å². The summed E-state index contributed by atoms with van der Waals surface area (Å²) < 4.78 is 90.8. The van der Waals surface area contributed by atoms with Crippen LogP contribution in [0.15, 0.2) is 29.2 Å². The lowest BCUT2D eigenvalue weighted by molar-refractivity contribution is -0.347. The summed E-state index contributed by atoms with van der Waals surface area (Å²) in [6, 6.07) is 5.05. The highest BCUT2D eigenvalue weighted by Gasteiger charge is 2.77. The smallest absolute Gasteiger partial charge is 0.385 e. The Morgan fingerprint density at radius 2 is 1.52 bits per heavy atom. The molecule has 0 N–H and O–H groups in total. The summed E-state index contributed by atoms with van der Waals surface area (Å²) in [7, 11) is 0. The van der Waals surface area contributed by atoms with E-state index in [2.05, 4.69) is 4.74 Å². The Balaban J connectivity index is 3.05. The number of rotatable bonds is 4. The minimum absolute atomic E-state index is 0.149. The maximum atomic E-state index is 13.0. The number of hydrogen-bond donors (Lipinski definition) is 0. The van der Waals surface area contributed by atoms with Gasteiger partial charge in [-0.1, -0.05) is 12.1 Å². The Bertz CT molecular complexity index is 613. The number of esters is 2. The second kappa shape index (κ2) is 6.38. The second-order valence-electron chi connectivity index (χ2n) is 4.02. The number of hydrogen-bond acceptors (Lipinski definition) is 4. The van der Waals surface area contributed by atoms with E-state index in [9.17, 15) is 40.3 Å². The van der Waals surface area contributed by atoms with E-state index in [-0.39, 0.29) is 4.90 Å². The molecule has 0 aliphatic rings. The van der Waals surface area contributed by atoms with Crippen molar-refractivity contribution < 1.29 is 45.1 Å². The number of halogens is 7. The van der Waals surface area contributed by atoms with Gasteiger partial charge in [0.2, 0.25) is 0 Å². The zero-order valence-corrected chi connectivity index (χ0v) is 11.9. The molecule has 0 bridgehead atoms. The lowest BCUT2D eigenvalue weighted by Crippen LogP contribution is -2.57. The van der Waals surface area contributed by atoms with Crippen molar-refractivity contribution in [2.75, 3.05) is 6.26 Å². The van der Waals surface area contributed by atoms with Crippen molar-refractivity contribution in [2.24, 2.45) is 0 Å². The molecule has 3 nitrogen and oxygen atoms in total. The van der Waals surface area contributed by atoms with Crippen LogP contribution in [0.3, 0.4) is 0 Å². The van der Waals surface area contributed by atoms with Crippen LogP contribution >= 0.6 is 11.8 Å². The monoisotopic (exact) mass is 364 g/mol. The summed E-state index contributed by atoms with van der Waals surface area (Å²) in [6.45, 7) is 0. The maximum Gasteiger partial charge on any atom is 0.460 e. The van der Waals surface area contributed by atoms with Gasteiger partial charge in [-0.3, -0.25) is 0 Å². The van der Waals surface area contributed by atoms with Gasteiger partial charge >= 0.3 is 30.0 Å². The van der Waals surface area contributed by atoms with E-state index in [0.717, 1.165) is 17.8 Å². The molecule has 0 radical (unpaired) electrons. The minimum Gasteiger partial charge on any atom is -0.385 e. The van der Waals surface area contributed by atoms with Crippen LogP contribution in [-0.2, 0) is 9.53 Å². The first-order chi connectivity index (χ1) is 10.4. The van der Waals surface area contributed by atoms with Crippen molar-refractivity contribution in [3.8, 4) is 0 Å². The number of thioether (sulfide) groups is 1. The van der Waals surface area contributed by atoms with E-state index in [1.165, 1.54) is 24.5 Å². The lowest BCUT2D eigenvalue weighted by Gasteiger charge is -2.25. The van der Waals surface area contributed by atoms with Crippen molar-refractivity contribution in [1.29, 1.82) is 0 Å². The van der Waals surface area contributed by atoms with Crippen LogP contribution in [-0.4, -0.2) is 36.2 Å². The van der Waals surface area contributed by atoms with E-state index in [4.69, 9.17) is 0 Å². The summed E-state index contributed by atoms with van der Waals surface area (Å²) in [5.41, 5.74) is -0.431. The predicted molar refractivity (Wildman–Crippen MR) is 64.6 cm³/mol. The summed E-state index contributed by atoms with van der Waals surface area (Å²) in [5.74, 6) is -18.0. The van der Waals surface area contributed by atoms with Gasteiger partial charge in [-0.15, -0.1) is 11.8 Å². The molecule has 1 rings (SSSR count). The topological polar surface area (TPSA) is 43.4 Å². The number of alkyl halides is 7. The highest BCUT2D eigenvalue weighted by atomic mass is 32.2. The molecule has 0 fully saturated rings. The molecule has 1 aromatic carbocycles. The molecule has 0 unspecified atom stereocenters. The quantitative estimate of drug-likeness (QED) is 0.352. The fourth-order valence-electron chi connectivity index (χ4n) is 1.32. The third-order valence-electron chi connectivity index (χ3n) is 2.52. The molecule has 0 atom stereocenters. The predicted octanol–water partition coefficient (Wildman–Crippen LogP) is 3.92. The van der Waals surface area contributed by atoms with E-state index in [1.54, 1.807) is 0 Å². The average molecular weight is 364 g/mol. The van der Waals surface area contributed by atoms with Crippen molar-refractivity contribution in [2.45, 2.75) is 22.9 Å². The highest BCUT2D eigenvalue weighted by molar-refractivity contribution is 7.98. The summed E-state index contributed by atoms with van der Waals surface area (Å²) in [4.78, 5) is 22.7. The number of carbonyl (C=O) groups excluding carboxylic acids is 2. The fourth-order valence-corrected chi connectivity index (χ4v) is 1.91. The van der Waals surface area contributed by atoms with Gasteiger partial charge in [0.25, 0.3) is 0 Å². The molecule has 0 aromatic heterocycles. The van der Waals surface area contributed by atoms with Gasteiger partial charge < -0.3 is 4.74 Å². The van der Waals surface area contributed by atoms with Crippen molar-refractivity contribution in [3.05, 3.63) is 29.8 Å². The largest absolute Gasteiger partial charge is 0.460 e. The van der Waals surface area contributed by atoms with Crippen LogP contribution < -0.4 is 0 Å². The third kappa shape index (κ3) is 3.59. The molecule has 0 aliphatic heterocycles. The molecule has 0 saturated heterocycles. The number of ether oxygens (including phenoxy) is 1. The van der Waals surface area contributed by atoms with Crippen LogP contribution in [0.1, 0.15) is 10.4 Å². The number of carbonyl (C=O) groups is 2. The van der Waals surface area contributed by atoms with E-state index in [0.29, 0.717) is 0 Å². The molecule has 1 aromatic rings. The number of benzene rings is 1. The lowest BCUT2D eigenvalue weighted by atomic mass is 10.1. The first kappa shape index (κ1) is 19.3. The Kier molecular flexibility index (Phi) is 5.34. The Morgan fingerprint density at radius 1 is 1.00 bits per heavy atom. The standard InChI is InChI=1S/C12H7F7O3S/c1-23-7-5-3-2-4-6(7)8(20)22-9(21)10(13,14)11(15,16)12(17,18)19/h2-5H,1H3. The second-order valence-corrected chi connectivity index (χ2v) is 4.87. The molecule has 11 heteroatoms. The van der Waals surface area contributed by atoms with Gasteiger partial charge in [0, 0.05) is 4.90 Å². The van der Waals surface area contributed by atoms with Crippen LogP contribution in [0.25, 0.3) is 0 Å². The van der Waals surface area contributed by atoms with Crippen LogP contribution in [0, 0.1) is 0 Å². The zero-order valence-electron chi connectivity index (χ0n) is 11.1. The van der Waals surface area contributed by atoms with E-state index >= 15 is 0 Å². The normalized spacial score (nSPS) is 12.9. The van der Waals surface area contributed by atoms with Crippen LogP contribution in [0.2, 0.25) is 0 Å². The molecular weight excluding hydrogens is 357 g/mol. The van der Waals surface area contributed by atoms with Gasteiger partial charge in [0.1, 0.15) is 0 Å². The van der Waals surface area contributed by atoms with Gasteiger partial charge in [-0.05, 0) is 18.4 Å². The summed E-state index contributed by atoms with van der Waals surface area (Å²) in [5, 5.41) is 0. The van der Waals surface area contributed by atoms with Crippen molar-refractivity contribution in [3.63, 3.8) is 0 Å². The van der Waals surface area contributed by atoms with Gasteiger partial charge in [-0.25, -0.2) is 9.59 Å². The van der Waals surface area contributed by atoms with E-state index < -0.39 is 35.5 Å². The minimum atomic E-state index is -6.70. The Labute approximate surface area is 128 Å². The summed E-state index contributed by atoms with van der Waals surface area (Å²) in [6.07, 6.45) is -5.23. The summed E-state index contributed by atoms with van der Waals surface area (Å²) >= 11 is 0.940. The van der Waals surface area contributed by atoms with E-state index in [1.807, 2.05) is 0 Å². The molecular formula is C12H7F7O3S. The Hall–Kier alpha value is -1.78. The van der Waals surface area contributed by atoms with Crippen LogP contribution in [0.4, 0.5) is 30.7 Å². The van der Waals surface area contributed by atoms with Gasteiger partial charge in [-0.2, -0.15) is 30.7 Å². The molecule has 0 spiro atoms. The van der Waals surface area contributed by atoms with Gasteiger partial charge in [0.15, 0.2) is 0 Å². The van der Waals surface area contributed by atoms with Crippen molar-refractivity contribution in [1.82, 2.24) is 0 Å². The fraction of sp³-hybridized carbons (Fsp3) is 0.333. The van der Waals surface area contributed by atoms with Crippen LogP contribution in [0.5, 0.6) is 0 Å². The van der Waals surface area contributed by atoms with Crippen molar-refractivity contribution >= 4 is 23.7 Å².